The predicted octanol–water partition coefficient (Wildman–Crippen LogP) is 3.43. The predicted molar refractivity (Wildman–Crippen MR) is 124 cm³/mol. The van der Waals surface area contributed by atoms with E-state index in [1.165, 1.54) is 6.07 Å². The molecule has 10 heteroatoms. The summed E-state index contributed by atoms with van der Waals surface area (Å²) < 4.78 is 33.3. The summed E-state index contributed by atoms with van der Waals surface area (Å²) in [5, 5.41) is 2.74. The van der Waals surface area contributed by atoms with E-state index in [2.05, 4.69) is 45.7 Å². The maximum Gasteiger partial charge on any atom is 0.281 e. The molecular formula is C23H27N5O4S. The Labute approximate surface area is 193 Å². The first-order valence-corrected chi connectivity index (χ1v) is 12.2. The van der Waals surface area contributed by atoms with Gasteiger partial charge in [0, 0.05) is 18.3 Å². The summed E-state index contributed by atoms with van der Waals surface area (Å²) in [5.41, 5.74) is -0.00648. The molecule has 0 spiro atoms. The molecule has 4 rings (SSSR count). The van der Waals surface area contributed by atoms with Crippen molar-refractivity contribution in [3.8, 4) is 0 Å². The quantitative estimate of drug-likeness (QED) is 0.540. The summed E-state index contributed by atoms with van der Waals surface area (Å²) in [7, 11) is -4.20. The van der Waals surface area contributed by atoms with Crippen LogP contribution in [0.5, 0.6) is 0 Å². The Morgan fingerprint density at radius 2 is 2.03 bits per heavy atom. The summed E-state index contributed by atoms with van der Waals surface area (Å²) in [5.74, 6) is 1.16. The van der Waals surface area contributed by atoms with Crippen LogP contribution >= 0.6 is 0 Å². The van der Waals surface area contributed by atoms with Gasteiger partial charge in [-0.05, 0) is 62.6 Å². The fourth-order valence-electron chi connectivity index (χ4n) is 3.88. The van der Waals surface area contributed by atoms with Crippen LogP contribution < -0.4 is 14.9 Å². The van der Waals surface area contributed by atoms with Crippen molar-refractivity contribution in [3.05, 3.63) is 66.2 Å². The Morgan fingerprint density at radius 3 is 2.73 bits per heavy atom. The third kappa shape index (κ3) is 4.70. The Balaban J connectivity index is 1.54. The summed E-state index contributed by atoms with van der Waals surface area (Å²) >= 11 is 0. The number of anilines is 2. The lowest BCUT2D eigenvalue weighted by molar-refractivity contribution is 0.0981. The third-order valence-corrected chi connectivity index (χ3v) is 7.46. The second-order valence-electron chi connectivity index (χ2n) is 8.60. The molecule has 3 aromatic heterocycles. The molecule has 1 aliphatic rings. The molecule has 1 unspecified atom stereocenters. The van der Waals surface area contributed by atoms with Crippen molar-refractivity contribution in [2.75, 3.05) is 16.8 Å². The number of amides is 1. The number of aromatic nitrogens is 2. The molecule has 1 aliphatic heterocycles. The van der Waals surface area contributed by atoms with Crippen LogP contribution in [0.15, 0.2) is 64.4 Å². The van der Waals surface area contributed by atoms with Crippen LogP contribution in [0.2, 0.25) is 0 Å². The minimum absolute atomic E-state index is 0.204. The van der Waals surface area contributed by atoms with Gasteiger partial charge in [0.15, 0.2) is 5.03 Å². The van der Waals surface area contributed by atoms with E-state index in [1.807, 2.05) is 0 Å². The number of nitrogens with one attached hydrogen (secondary N) is 2. The van der Waals surface area contributed by atoms with Crippen LogP contribution in [0.3, 0.4) is 0 Å². The van der Waals surface area contributed by atoms with Crippen molar-refractivity contribution in [1.29, 1.82) is 0 Å². The Morgan fingerprint density at radius 1 is 1.21 bits per heavy atom. The second kappa shape index (κ2) is 8.86. The van der Waals surface area contributed by atoms with Gasteiger partial charge in [0.1, 0.15) is 17.4 Å². The fraction of sp³-hybridized carbons (Fsp3) is 0.348. The largest absolute Gasteiger partial charge is 0.467 e. The molecule has 1 saturated heterocycles. The molecule has 0 bridgehead atoms. The van der Waals surface area contributed by atoms with Crippen molar-refractivity contribution in [2.24, 2.45) is 5.92 Å². The van der Waals surface area contributed by atoms with E-state index in [0.717, 1.165) is 13.0 Å². The number of furan rings is 1. The maximum absolute atomic E-state index is 13.1. The number of nitrogens with zero attached hydrogens (tertiary/aromatic N) is 3. The standard InChI is InChI=1S/C23H27N5O4S/c1-16-11-13-28(23(16,2)3)21-18(8-5-12-24-21)22(29)27-33(30,31)20-10-4-9-19(26-20)25-15-17-7-6-14-32-17/h4-10,12,14,16H,11,13,15H2,1-3H3,(H,25,26)(H,27,29). The van der Waals surface area contributed by atoms with Crippen molar-refractivity contribution in [3.63, 3.8) is 0 Å². The van der Waals surface area contributed by atoms with Crippen LogP contribution in [0.4, 0.5) is 11.6 Å². The smallest absolute Gasteiger partial charge is 0.281 e. The van der Waals surface area contributed by atoms with Gasteiger partial charge in [-0.25, -0.2) is 14.7 Å². The zero-order valence-corrected chi connectivity index (χ0v) is 19.6. The van der Waals surface area contributed by atoms with E-state index >= 15 is 0 Å². The Kier molecular flexibility index (Phi) is 6.11. The minimum Gasteiger partial charge on any atom is -0.467 e. The lowest BCUT2D eigenvalue weighted by atomic mass is 9.90. The van der Waals surface area contributed by atoms with E-state index in [9.17, 15) is 13.2 Å². The van der Waals surface area contributed by atoms with Crippen LogP contribution in [0.25, 0.3) is 0 Å². The van der Waals surface area contributed by atoms with E-state index in [-0.39, 0.29) is 16.1 Å². The second-order valence-corrected chi connectivity index (χ2v) is 10.2. The van der Waals surface area contributed by atoms with Gasteiger partial charge < -0.3 is 14.6 Å². The minimum atomic E-state index is -4.20. The molecule has 1 atom stereocenters. The van der Waals surface area contributed by atoms with Crippen LogP contribution in [0.1, 0.15) is 43.3 Å². The van der Waals surface area contributed by atoms with Crippen LogP contribution in [0, 0.1) is 5.92 Å². The van der Waals surface area contributed by atoms with Gasteiger partial charge in [-0.1, -0.05) is 13.0 Å². The van der Waals surface area contributed by atoms with Crippen molar-refractivity contribution in [2.45, 2.75) is 44.3 Å². The molecule has 2 N–H and O–H groups in total. The first kappa shape index (κ1) is 22.8. The van der Waals surface area contributed by atoms with Crippen LogP contribution in [-0.4, -0.2) is 36.4 Å². The molecule has 0 aliphatic carbocycles. The van der Waals surface area contributed by atoms with Gasteiger partial charge in [0.25, 0.3) is 15.9 Å². The van der Waals surface area contributed by atoms with Gasteiger partial charge >= 0.3 is 0 Å². The normalized spacial score (nSPS) is 17.7. The molecule has 0 radical (unpaired) electrons. The van der Waals surface area contributed by atoms with Gasteiger partial charge in [-0.3, -0.25) is 4.79 Å². The number of rotatable bonds is 7. The molecule has 3 aromatic rings. The molecule has 1 fully saturated rings. The highest BCUT2D eigenvalue weighted by Crippen LogP contribution is 2.38. The van der Waals surface area contributed by atoms with E-state index in [1.54, 1.807) is 48.9 Å². The summed E-state index contributed by atoms with van der Waals surface area (Å²) in [6, 6.07) is 11.3. The van der Waals surface area contributed by atoms with Crippen molar-refractivity contribution in [1.82, 2.24) is 14.7 Å². The van der Waals surface area contributed by atoms with E-state index < -0.39 is 15.9 Å². The van der Waals surface area contributed by atoms with Gasteiger partial charge in [0.05, 0.1) is 18.4 Å². The zero-order chi connectivity index (χ0) is 23.6. The van der Waals surface area contributed by atoms with Gasteiger partial charge in [0.2, 0.25) is 0 Å². The highest BCUT2D eigenvalue weighted by Gasteiger charge is 2.40. The highest BCUT2D eigenvalue weighted by molar-refractivity contribution is 7.90. The zero-order valence-electron chi connectivity index (χ0n) is 18.8. The molecule has 174 valence electrons. The summed E-state index contributed by atoms with van der Waals surface area (Å²) in [6.07, 6.45) is 4.12. The average Bonchev–Trinajstić information content (AvgIpc) is 3.40. The number of carbonyl (C=O) groups excluding carboxylic acids is 1. The topological polar surface area (TPSA) is 117 Å². The van der Waals surface area contributed by atoms with E-state index in [0.29, 0.717) is 29.9 Å². The maximum atomic E-state index is 13.1. The van der Waals surface area contributed by atoms with Crippen LogP contribution in [-0.2, 0) is 16.6 Å². The van der Waals surface area contributed by atoms with Gasteiger partial charge in [-0.15, -0.1) is 0 Å². The number of sulfonamides is 1. The number of hydrogen-bond acceptors (Lipinski definition) is 8. The van der Waals surface area contributed by atoms with Crippen molar-refractivity contribution >= 4 is 27.6 Å². The average molecular weight is 470 g/mol. The first-order valence-electron chi connectivity index (χ1n) is 10.7. The van der Waals surface area contributed by atoms with Crippen molar-refractivity contribution < 1.29 is 17.6 Å². The number of carbonyl (C=O) groups is 1. The molecule has 1 amide bonds. The lowest BCUT2D eigenvalue weighted by Gasteiger charge is -2.36. The fourth-order valence-corrected chi connectivity index (χ4v) is 4.82. The molecule has 0 aromatic carbocycles. The Bertz CT molecular complexity index is 1240. The monoisotopic (exact) mass is 469 g/mol. The number of hydrogen-bond donors (Lipinski definition) is 2. The number of pyridine rings is 2. The summed E-state index contributed by atoms with van der Waals surface area (Å²) in [6.45, 7) is 7.44. The molecule has 9 nitrogen and oxygen atoms in total. The molecule has 4 heterocycles. The molecule has 0 saturated carbocycles. The van der Waals surface area contributed by atoms with E-state index in [4.69, 9.17) is 4.42 Å². The Hall–Kier alpha value is -3.40. The third-order valence-electron chi connectivity index (χ3n) is 6.22. The highest BCUT2D eigenvalue weighted by atomic mass is 32.2. The first-order chi connectivity index (χ1) is 15.7. The lowest BCUT2D eigenvalue weighted by Crippen LogP contribution is -2.43. The molecular weight excluding hydrogens is 442 g/mol. The van der Waals surface area contributed by atoms with Gasteiger partial charge in [-0.2, -0.15) is 8.42 Å². The molecule has 33 heavy (non-hydrogen) atoms. The summed E-state index contributed by atoms with van der Waals surface area (Å²) in [4.78, 5) is 23.7. The SMILES string of the molecule is CC1CCN(c2ncccc2C(=O)NS(=O)(=O)c2cccc(NCc3ccco3)n2)C1(C)C.